The summed E-state index contributed by atoms with van der Waals surface area (Å²) in [5.41, 5.74) is 15.4. The van der Waals surface area contributed by atoms with Crippen LogP contribution in [0, 0.1) is 5.41 Å². The molecule has 0 amide bonds. The summed E-state index contributed by atoms with van der Waals surface area (Å²) in [7, 11) is 0. The topological polar surface area (TPSA) is 43.6 Å². The monoisotopic (exact) mass is 740 g/mol. The van der Waals surface area contributed by atoms with Crippen molar-refractivity contribution < 1.29 is 0 Å². The minimum atomic E-state index is -0.0235. The second-order valence-corrected chi connectivity index (χ2v) is 18.5. The zero-order chi connectivity index (χ0) is 38.9. The van der Waals surface area contributed by atoms with Crippen molar-refractivity contribution in [3.63, 3.8) is 0 Å². The van der Waals surface area contributed by atoms with Crippen molar-refractivity contribution in [1.29, 1.82) is 0 Å². The van der Waals surface area contributed by atoms with Crippen LogP contribution in [-0.2, 0) is 16.2 Å². The van der Waals surface area contributed by atoms with Crippen molar-refractivity contribution in [3.05, 3.63) is 156 Å². The first-order chi connectivity index (χ1) is 27.5. The van der Waals surface area contributed by atoms with Crippen LogP contribution in [0.3, 0.4) is 0 Å². The number of nitrogens with zero attached hydrogens (tertiary/aromatic N) is 4. The highest BCUT2D eigenvalue weighted by Crippen LogP contribution is 2.63. The molecule has 0 unspecified atom stereocenters. The molecule has 0 saturated heterocycles. The van der Waals surface area contributed by atoms with Gasteiger partial charge in [0.15, 0.2) is 17.5 Å². The van der Waals surface area contributed by atoms with Crippen LogP contribution in [0.15, 0.2) is 133 Å². The van der Waals surface area contributed by atoms with Crippen LogP contribution in [0.5, 0.6) is 0 Å². The minimum Gasteiger partial charge on any atom is -0.309 e. The predicted molar refractivity (Wildman–Crippen MR) is 235 cm³/mol. The SMILES string of the molecule is CC1(C)c2cc3c4cc5c(cc4n(-c4cccc(-c6nc(-c7ccccc7)nc(-c7ccccc7)n6)c4)c3cc2C(C)(C)C1(C)C)C1(CCCC1)c1ccccc1-5. The highest BCUT2D eigenvalue weighted by molar-refractivity contribution is 6.12. The first-order valence-electron chi connectivity index (χ1n) is 20.7. The molecule has 8 aromatic rings. The van der Waals surface area contributed by atoms with Gasteiger partial charge >= 0.3 is 0 Å². The lowest BCUT2D eigenvalue weighted by molar-refractivity contribution is 0.125. The molecule has 1 fully saturated rings. The lowest BCUT2D eigenvalue weighted by Gasteiger charge is -2.44. The van der Waals surface area contributed by atoms with E-state index in [9.17, 15) is 0 Å². The van der Waals surface area contributed by atoms with Crippen LogP contribution >= 0.6 is 0 Å². The van der Waals surface area contributed by atoms with Gasteiger partial charge in [-0.3, -0.25) is 0 Å². The minimum absolute atomic E-state index is 0.00278. The highest BCUT2D eigenvalue weighted by Gasteiger charge is 2.57. The summed E-state index contributed by atoms with van der Waals surface area (Å²) < 4.78 is 2.55. The lowest BCUT2D eigenvalue weighted by atomic mass is 9.59. The maximum absolute atomic E-state index is 5.13. The Bertz CT molecular complexity index is 2870. The zero-order valence-electron chi connectivity index (χ0n) is 33.8. The summed E-state index contributed by atoms with van der Waals surface area (Å²) in [6.45, 7) is 14.7. The molecule has 0 atom stereocenters. The molecular formula is C53H48N4. The molecule has 0 bridgehead atoms. The van der Waals surface area contributed by atoms with Crippen LogP contribution in [0.1, 0.15) is 89.5 Å². The third kappa shape index (κ3) is 4.64. The van der Waals surface area contributed by atoms with Crippen LogP contribution in [0.25, 0.3) is 72.8 Å². The molecule has 0 N–H and O–H groups in total. The fourth-order valence-corrected chi connectivity index (χ4v) is 11.0. The third-order valence-electron chi connectivity index (χ3n) is 15.3. The van der Waals surface area contributed by atoms with Crippen molar-refractivity contribution in [3.8, 4) is 51.0 Å². The Morgan fingerprint density at radius 3 is 1.58 bits per heavy atom. The number of aromatic nitrogens is 4. The number of hydrogen-bond donors (Lipinski definition) is 0. The molecule has 11 rings (SSSR count). The van der Waals surface area contributed by atoms with E-state index in [0.717, 1.165) is 22.4 Å². The summed E-state index contributed by atoms with van der Waals surface area (Å²) >= 11 is 0. The average Bonchev–Trinajstić information content (AvgIpc) is 3.95. The number of benzene rings is 6. The van der Waals surface area contributed by atoms with E-state index < -0.39 is 0 Å². The molecule has 0 radical (unpaired) electrons. The number of fused-ring (bicyclic) bond motifs is 9. The van der Waals surface area contributed by atoms with Gasteiger partial charge in [-0.05, 0) is 98.9 Å². The van der Waals surface area contributed by atoms with E-state index in [-0.39, 0.29) is 21.7 Å². The van der Waals surface area contributed by atoms with Crippen molar-refractivity contribution in [1.82, 2.24) is 19.5 Å². The molecule has 6 aromatic carbocycles. The maximum atomic E-state index is 5.13. The molecule has 2 heterocycles. The molecule has 2 aromatic heterocycles. The van der Waals surface area contributed by atoms with E-state index in [1.54, 1.807) is 0 Å². The Kier molecular flexibility index (Phi) is 7.14. The lowest BCUT2D eigenvalue weighted by Crippen LogP contribution is -2.42. The van der Waals surface area contributed by atoms with E-state index in [1.165, 1.54) is 80.9 Å². The van der Waals surface area contributed by atoms with E-state index in [2.05, 4.69) is 143 Å². The number of hydrogen-bond acceptors (Lipinski definition) is 3. The van der Waals surface area contributed by atoms with Gasteiger partial charge in [0.1, 0.15) is 0 Å². The van der Waals surface area contributed by atoms with Crippen LogP contribution in [0.2, 0.25) is 0 Å². The van der Waals surface area contributed by atoms with Gasteiger partial charge in [-0.25, -0.2) is 15.0 Å². The fourth-order valence-electron chi connectivity index (χ4n) is 11.0. The van der Waals surface area contributed by atoms with Gasteiger partial charge in [0.05, 0.1) is 11.0 Å². The summed E-state index contributed by atoms with van der Waals surface area (Å²) in [5.74, 6) is 2.00. The van der Waals surface area contributed by atoms with Crippen LogP contribution < -0.4 is 0 Å². The van der Waals surface area contributed by atoms with Gasteiger partial charge in [0.25, 0.3) is 0 Å². The first kappa shape index (κ1) is 34.4. The smallest absolute Gasteiger partial charge is 0.164 e. The van der Waals surface area contributed by atoms with Crippen molar-refractivity contribution in [2.75, 3.05) is 0 Å². The Balaban J connectivity index is 1.19. The molecule has 4 heteroatoms. The number of rotatable bonds is 4. The first-order valence-corrected chi connectivity index (χ1v) is 20.7. The van der Waals surface area contributed by atoms with Crippen LogP contribution in [-0.4, -0.2) is 19.5 Å². The second-order valence-electron chi connectivity index (χ2n) is 18.5. The normalized spacial score (nSPS) is 17.9. The third-order valence-corrected chi connectivity index (χ3v) is 15.3. The summed E-state index contributed by atoms with van der Waals surface area (Å²) in [5, 5.41) is 2.64. The van der Waals surface area contributed by atoms with Gasteiger partial charge < -0.3 is 4.57 Å². The summed E-state index contributed by atoms with van der Waals surface area (Å²) in [6, 6.07) is 48.8. The standard InChI is InChI=1S/C53H48N4/c1-50(2)43-30-40-39-29-38-37-24-13-14-25-41(37)53(26-15-16-27-53)42(38)31-45(39)57(46(40)32-44(43)51(3,4)52(50,5)6)36-23-17-22-35(28-36)49-55-47(33-18-9-7-10-19-33)54-48(56-49)34-20-11-8-12-21-34/h7-14,17-25,28-32H,15-16,26-27H2,1-6H3. The molecule has 0 aliphatic heterocycles. The zero-order valence-corrected chi connectivity index (χ0v) is 33.8. The molecular weight excluding hydrogens is 693 g/mol. The van der Waals surface area contributed by atoms with Crippen molar-refractivity contribution in [2.24, 2.45) is 5.41 Å². The predicted octanol–water partition coefficient (Wildman–Crippen LogP) is 13.4. The molecule has 3 aliphatic carbocycles. The molecule has 3 aliphatic rings. The van der Waals surface area contributed by atoms with Crippen molar-refractivity contribution >= 4 is 21.8 Å². The van der Waals surface area contributed by atoms with Gasteiger partial charge in [-0.15, -0.1) is 0 Å². The van der Waals surface area contributed by atoms with Crippen molar-refractivity contribution in [2.45, 2.75) is 83.5 Å². The van der Waals surface area contributed by atoms with E-state index >= 15 is 0 Å². The Morgan fingerprint density at radius 1 is 0.439 bits per heavy atom. The molecule has 1 saturated carbocycles. The fraction of sp³-hybridized carbons (Fsp3) is 0.264. The van der Waals surface area contributed by atoms with Gasteiger partial charge in [-0.1, -0.05) is 151 Å². The molecule has 280 valence electrons. The second kappa shape index (κ2) is 11.8. The average molecular weight is 741 g/mol. The molecule has 1 spiro atoms. The van der Waals surface area contributed by atoms with Gasteiger partial charge in [-0.2, -0.15) is 0 Å². The quantitative estimate of drug-likeness (QED) is 0.180. The molecule has 57 heavy (non-hydrogen) atoms. The van der Waals surface area contributed by atoms with E-state index in [0.29, 0.717) is 17.5 Å². The van der Waals surface area contributed by atoms with E-state index in [4.69, 9.17) is 15.0 Å². The van der Waals surface area contributed by atoms with E-state index in [1.807, 2.05) is 36.4 Å². The molecule has 4 nitrogen and oxygen atoms in total. The van der Waals surface area contributed by atoms with Gasteiger partial charge in [0.2, 0.25) is 0 Å². The Labute approximate surface area is 335 Å². The maximum Gasteiger partial charge on any atom is 0.164 e. The largest absolute Gasteiger partial charge is 0.309 e. The van der Waals surface area contributed by atoms with Crippen LogP contribution in [0.4, 0.5) is 0 Å². The Hall–Kier alpha value is -5.87. The highest BCUT2D eigenvalue weighted by atomic mass is 15.0. The summed E-state index contributed by atoms with van der Waals surface area (Å²) in [4.78, 5) is 15.2. The van der Waals surface area contributed by atoms with Gasteiger partial charge in [0, 0.05) is 38.6 Å². The summed E-state index contributed by atoms with van der Waals surface area (Å²) in [6.07, 6.45) is 4.95. The Morgan fingerprint density at radius 2 is 0.947 bits per heavy atom.